The van der Waals surface area contributed by atoms with Crippen LogP contribution in [0.2, 0.25) is 0 Å². The van der Waals surface area contributed by atoms with Crippen molar-refractivity contribution in [1.29, 1.82) is 0 Å². The van der Waals surface area contributed by atoms with Gasteiger partial charge in [-0.3, -0.25) is 4.90 Å². The van der Waals surface area contributed by atoms with Crippen LogP contribution >= 0.6 is 0 Å². The van der Waals surface area contributed by atoms with E-state index in [1.807, 2.05) is 6.92 Å². The van der Waals surface area contributed by atoms with E-state index in [1.165, 1.54) is 6.07 Å². The van der Waals surface area contributed by atoms with Crippen molar-refractivity contribution in [3.8, 4) is 5.88 Å². The summed E-state index contributed by atoms with van der Waals surface area (Å²) < 4.78 is 19.0. The van der Waals surface area contributed by atoms with Crippen molar-refractivity contribution in [1.82, 2.24) is 14.9 Å². The monoisotopic (exact) mass is 346 g/mol. The van der Waals surface area contributed by atoms with Gasteiger partial charge in [-0.1, -0.05) is 18.2 Å². The fraction of sp³-hybridized carbons (Fsp3) is 0.444. The van der Waals surface area contributed by atoms with E-state index in [-0.39, 0.29) is 5.82 Å². The number of ether oxygens (including phenoxy) is 1. The van der Waals surface area contributed by atoms with Crippen LogP contribution in [-0.2, 0) is 0 Å². The standard InChI is InChI=1S/C18H23FN4O2/c1-13-11-17(25-2)21-18(20-13)23-9-7-22(8-10-23)12-16(24)14-5-3-4-6-15(14)19/h3-6,11,16,24H,7-10,12H2,1-2H3/t16-/m0/s1. The molecule has 6 nitrogen and oxygen atoms in total. The Bertz CT molecular complexity index is 720. The largest absolute Gasteiger partial charge is 0.481 e. The van der Waals surface area contributed by atoms with Crippen molar-refractivity contribution in [2.45, 2.75) is 13.0 Å². The molecule has 0 radical (unpaired) electrons. The lowest BCUT2D eigenvalue weighted by Gasteiger charge is -2.35. The van der Waals surface area contributed by atoms with Gasteiger partial charge < -0.3 is 14.7 Å². The van der Waals surface area contributed by atoms with E-state index in [9.17, 15) is 9.50 Å². The highest BCUT2D eigenvalue weighted by molar-refractivity contribution is 5.35. The first-order chi connectivity index (χ1) is 12.1. The van der Waals surface area contributed by atoms with Crippen LogP contribution in [0.15, 0.2) is 30.3 Å². The molecule has 1 aliphatic rings. The molecule has 1 aromatic heterocycles. The summed E-state index contributed by atoms with van der Waals surface area (Å²) in [6.07, 6.45) is -0.830. The third-order valence-corrected chi connectivity index (χ3v) is 4.38. The Morgan fingerprint density at radius 2 is 1.92 bits per heavy atom. The summed E-state index contributed by atoms with van der Waals surface area (Å²) in [5.41, 5.74) is 1.20. The molecule has 3 rings (SSSR count). The van der Waals surface area contributed by atoms with E-state index >= 15 is 0 Å². The molecule has 2 heterocycles. The van der Waals surface area contributed by atoms with Crippen molar-refractivity contribution >= 4 is 5.95 Å². The summed E-state index contributed by atoms with van der Waals surface area (Å²) in [7, 11) is 1.59. The number of aliphatic hydroxyl groups excluding tert-OH is 1. The second-order valence-electron chi connectivity index (χ2n) is 6.18. The van der Waals surface area contributed by atoms with Crippen LogP contribution in [-0.4, -0.2) is 59.8 Å². The minimum Gasteiger partial charge on any atom is -0.481 e. The summed E-state index contributed by atoms with van der Waals surface area (Å²) in [6.45, 7) is 5.32. The number of anilines is 1. The first-order valence-electron chi connectivity index (χ1n) is 8.36. The lowest BCUT2D eigenvalue weighted by Crippen LogP contribution is -2.48. The number of hydrogen-bond acceptors (Lipinski definition) is 6. The second kappa shape index (κ2) is 7.76. The van der Waals surface area contributed by atoms with Crippen molar-refractivity contribution in [3.05, 3.63) is 47.4 Å². The number of rotatable bonds is 5. The average molecular weight is 346 g/mol. The molecule has 0 saturated carbocycles. The van der Waals surface area contributed by atoms with E-state index in [2.05, 4.69) is 19.8 Å². The van der Waals surface area contributed by atoms with E-state index in [4.69, 9.17) is 4.74 Å². The zero-order chi connectivity index (χ0) is 17.8. The van der Waals surface area contributed by atoms with Gasteiger partial charge in [0.1, 0.15) is 5.82 Å². The van der Waals surface area contributed by atoms with Gasteiger partial charge in [0.05, 0.1) is 13.2 Å². The number of piperazine rings is 1. The van der Waals surface area contributed by atoms with Gasteiger partial charge in [0.25, 0.3) is 0 Å². The summed E-state index contributed by atoms with van der Waals surface area (Å²) in [5.74, 6) is 0.847. The van der Waals surface area contributed by atoms with Crippen molar-refractivity contribution in [2.75, 3.05) is 44.7 Å². The van der Waals surface area contributed by atoms with Gasteiger partial charge >= 0.3 is 0 Å². The lowest BCUT2D eigenvalue weighted by atomic mass is 10.1. The third-order valence-electron chi connectivity index (χ3n) is 4.38. The van der Waals surface area contributed by atoms with Crippen LogP contribution in [0, 0.1) is 12.7 Å². The molecule has 1 aromatic carbocycles. The van der Waals surface area contributed by atoms with Crippen molar-refractivity contribution in [3.63, 3.8) is 0 Å². The van der Waals surface area contributed by atoms with Crippen LogP contribution in [0.25, 0.3) is 0 Å². The lowest BCUT2D eigenvalue weighted by molar-refractivity contribution is 0.106. The summed E-state index contributed by atoms with van der Waals surface area (Å²) in [4.78, 5) is 13.1. The van der Waals surface area contributed by atoms with E-state index in [0.717, 1.165) is 31.9 Å². The summed E-state index contributed by atoms with van der Waals surface area (Å²) in [6, 6.07) is 8.16. The van der Waals surface area contributed by atoms with Gasteiger partial charge in [0, 0.05) is 50.0 Å². The van der Waals surface area contributed by atoms with E-state index in [0.29, 0.717) is 23.9 Å². The Labute approximate surface area is 146 Å². The first-order valence-corrected chi connectivity index (χ1v) is 8.36. The highest BCUT2D eigenvalue weighted by Crippen LogP contribution is 2.20. The molecule has 0 unspecified atom stereocenters. The Morgan fingerprint density at radius 1 is 1.20 bits per heavy atom. The number of aryl methyl sites for hydroxylation is 1. The molecule has 0 amide bonds. The quantitative estimate of drug-likeness (QED) is 0.891. The maximum atomic E-state index is 13.8. The predicted octanol–water partition coefficient (Wildman–Crippen LogP) is 1.79. The number of aliphatic hydroxyl groups is 1. The molecule has 25 heavy (non-hydrogen) atoms. The van der Waals surface area contributed by atoms with Gasteiger partial charge in [0.2, 0.25) is 11.8 Å². The highest BCUT2D eigenvalue weighted by Gasteiger charge is 2.23. The SMILES string of the molecule is COc1cc(C)nc(N2CCN(C[C@H](O)c3ccccc3F)CC2)n1. The van der Waals surface area contributed by atoms with E-state index in [1.54, 1.807) is 31.4 Å². The number of halogens is 1. The fourth-order valence-corrected chi connectivity index (χ4v) is 2.99. The number of methoxy groups -OCH3 is 1. The molecule has 0 bridgehead atoms. The van der Waals surface area contributed by atoms with Gasteiger partial charge in [-0.15, -0.1) is 0 Å². The molecule has 1 fully saturated rings. The van der Waals surface area contributed by atoms with Crippen LogP contribution in [0.5, 0.6) is 5.88 Å². The smallest absolute Gasteiger partial charge is 0.228 e. The van der Waals surface area contributed by atoms with Gasteiger partial charge in [-0.05, 0) is 13.0 Å². The van der Waals surface area contributed by atoms with Crippen LogP contribution in [0.3, 0.4) is 0 Å². The van der Waals surface area contributed by atoms with Crippen LogP contribution in [0.1, 0.15) is 17.4 Å². The second-order valence-corrected chi connectivity index (χ2v) is 6.18. The Morgan fingerprint density at radius 3 is 2.60 bits per heavy atom. The Kier molecular flexibility index (Phi) is 5.45. The molecular weight excluding hydrogens is 323 g/mol. The summed E-state index contributed by atoms with van der Waals surface area (Å²) in [5, 5.41) is 10.3. The molecule has 0 spiro atoms. The molecule has 1 atom stereocenters. The molecule has 1 saturated heterocycles. The predicted molar refractivity (Wildman–Crippen MR) is 93.3 cm³/mol. The minimum absolute atomic E-state index is 0.344. The van der Waals surface area contributed by atoms with Gasteiger partial charge in [-0.25, -0.2) is 9.37 Å². The maximum absolute atomic E-state index is 13.8. The number of nitrogens with zero attached hydrogens (tertiary/aromatic N) is 4. The average Bonchev–Trinajstić information content (AvgIpc) is 2.62. The van der Waals surface area contributed by atoms with Crippen molar-refractivity contribution in [2.24, 2.45) is 0 Å². The highest BCUT2D eigenvalue weighted by atomic mass is 19.1. The van der Waals surface area contributed by atoms with E-state index < -0.39 is 6.10 Å². The zero-order valence-corrected chi connectivity index (χ0v) is 14.5. The third kappa shape index (κ3) is 4.24. The molecule has 0 aliphatic carbocycles. The zero-order valence-electron chi connectivity index (χ0n) is 14.5. The summed E-state index contributed by atoms with van der Waals surface area (Å²) >= 11 is 0. The number of hydrogen-bond donors (Lipinski definition) is 1. The Hall–Kier alpha value is -2.25. The molecule has 7 heteroatoms. The number of β-amino-alcohol motifs (C(OH)–C–C–N with tert-alkyl or cyclic N) is 1. The van der Waals surface area contributed by atoms with Crippen LogP contribution < -0.4 is 9.64 Å². The van der Waals surface area contributed by atoms with Gasteiger partial charge in [0.15, 0.2) is 0 Å². The molecule has 2 aromatic rings. The maximum Gasteiger partial charge on any atom is 0.228 e. The minimum atomic E-state index is -0.830. The topological polar surface area (TPSA) is 61.7 Å². The first kappa shape index (κ1) is 17.6. The van der Waals surface area contributed by atoms with Gasteiger partial charge in [-0.2, -0.15) is 4.98 Å². The normalized spacial score (nSPS) is 16.7. The Balaban J connectivity index is 1.59. The molecular formula is C18H23FN4O2. The molecule has 1 aliphatic heterocycles. The number of benzene rings is 1. The number of aromatic nitrogens is 2. The molecule has 1 N–H and O–H groups in total. The molecule has 134 valence electrons. The van der Waals surface area contributed by atoms with Crippen molar-refractivity contribution < 1.29 is 14.2 Å². The fourth-order valence-electron chi connectivity index (χ4n) is 2.99. The van der Waals surface area contributed by atoms with Crippen LogP contribution in [0.4, 0.5) is 10.3 Å².